The summed E-state index contributed by atoms with van der Waals surface area (Å²) in [4.78, 5) is 15.7. The Morgan fingerprint density at radius 1 is 1.36 bits per heavy atom. The third-order valence-electron chi connectivity index (χ3n) is 2.61. The van der Waals surface area contributed by atoms with Gasteiger partial charge in [0.25, 0.3) is 5.91 Å². The Labute approximate surface area is 88.5 Å². The zero-order chi connectivity index (χ0) is 10.1. The minimum Gasteiger partial charge on any atom is -0.344 e. The molecular formula is C11H15NOS. The van der Waals surface area contributed by atoms with E-state index >= 15 is 0 Å². The first kappa shape index (κ1) is 9.71. The number of aryl methyl sites for hydroxylation is 2. The van der Waals surface area contributed by atoms with Crippen LogP contribution in [0, 0.1) is 0 Å². The number of carbonyl (C=O) groups is 1. The molecule has 2 nitrogen and oxygen atoms in total. The fraction of sp³-hybridized carbons (Fsp3) is 0.545. The normalized spacial score (nSPS) is 15.0. The van der Waals surface area contributed by atoms with Gasteiger partial charge in [-0.1, -0.05) is 0 Å². The predicted molar refractivity (Wildman–Crippen MR) is 59.0 cm³/mol. The minimum absolute atomic E-state index is 0.143. The van der Waals surface area contributed by atoms with E-state index < -0.39 is 0 Å². The summed E-state index contributed by atoms with van der Waals surface area (Å²) in [7, 11) is 3.61. The molecule has 1 aromatic rings. The topological polar surface area (TPSA) is 20.3 Å². The molecule has 0 saturated heterocycles. The molecule has 1 aromatic heterocycles. The first-order valence-corrected chi connectivity index (χ1v) is 5.83. The number of amides is 1. The van der Waals surface area contributed by atoms with Gasteiger partial charge >= 0.3 is 0 Å². The van der Waals surface area contributed by atoms with Crippen molar-refractivity contribution in [2.75, 3.05) is 14.1 Å². The average Bonchev–Trinajstić information content (AvgIpc) is 2.59. The highest BCUT2D eigenvalue weighted by Gasteiger charge is 2.17. The van der Waals surface area contributed by atoms with Gasteiger partial charge < -0.3 is 4.90 Å². The van der Waals surface area contributed by atoms with E-state index in [-0.39, 0.29) is 5.91 Å². The van der Waals surface area contributed by atoms with Crippen LogP contribution in [0.25, 0.3) is 0 Å². The van der Waals surface area contributed by atoms with Crippen LogP contribution in [0.1, 0.15) is 33.0 Å². The maximum Gasteiger partial charge on any atom is 0.263 e. The van der Waals surface area contributed by atoms with E-state index in [9.17, 15) is 4.79 Å². The van der Waals surface area contributed by atoms with Gasteiger partial charge in [-0.05, 0) is 37.3 Å². The van der Waals surface area contributed by atoms with Crippen LogP contribution in [0.4, 0.5) is 0 Å². The van der Waals surface area contributed by atoms with Crippen molar-refractivity contribution in [3.05, 3.63) is 21.4 Å². The SMILES string of the molecule is CN(C)C(=O)c1cc2c(s1)CCCC2. The Morgan fingerprint density at radius 3 is 2.71 bits per heavy atom. The Balaban J connectivity index is 2.28. The Morgan fingerprint density at radius 2 is 2.07 bits per heavy atom. The van der Waals surface area contributed by atoms with Gasteiger partial charge in [-0.3, -0.25) is 4.79 Å². The van der Waals surface area contributed by atoms with Crippen molar-refractivity contribution in [3.63, 3.8) is 0 Å². The smallest absolute Gasteiger partial charge is 0.263 e. The molecule has 3 heteroatoms. The summed E-state index contributed by atoms with van der Waals surface area (Å²) in [5, 5.41) is 0. The molecule has 0 saturated carbocycles. The first-order valence-electron chi connectivity index (χ1n) is 5.01. The fourth-order valence-electron chi connectivity index (χ4n) is 1.82. The molecule has 14 heavy (non-hydrogen) atoms. The minimum atomic E-state index is 0.143. The highest BCUT2D eigenvalue weighted by Crippen LogP contribution is 2.29. The van der Waals surface area contributed by atoms with Gasteiger partial charge in [0.15, 0.2) is 0 Å². The Bertz CT molecular complexity index is 331. The van der Waals surface area contributed by atoms with Crippen molar-refractivity contribution in [2.45, 2.75) is 25.7 Å². The van der Waals surface area contributed by atoms with Gasteiger partial charge in [0, 0.05) is 19.0 Å². The van der Waals surface area contributed by atoms with Crippen LogP contribution >= 0.6 is 11.3 Å². The summed E-state index contributed by atoms with van der Waals surface area (Å²) in [5.41, 5.74) is 1.41. The van der Waals surface area contributed by atoms with E-state index in [0.717, 1.165) is 11.3 Å². The van der Waals surface area contributed by atoms with Crippen LogP contribution in [0.3, 0.4) is 0 Å². The van der Waals surface area contributed by atoms with Crippen molar-refractivity contribution in [3.8, 4) is 0 Å². The second-order valence-corrected chi connectivity index (χ2v) is 5.10. The molecule has 0 N–H and O–H groups in total. The maximum atomic E-state index is 11.7. The van der Waals surface area contributed by atoms with Gasteiger partial charge in [0.2, 0.25) is 0 Å². The van der Waals surface area contributed by atoms with Crippen molar-refractivity contribution in [1.82, 2.24) is 4.90 Å². The summed E-state index contributed by atoms with van der Waals surface area (Å²) in [6, 6.07) is 2.08. The summed E-state index contributed by atoms with van der Waals surface area (Å²) in [6.07, 6.45) is 4.88. The summed E-state index contributed by atoms with van der Waals surface area (Å²) < 4.78 is 0. The monoisotopic (exact) mass is 209 g/mol. The van der Waals surface area contributed by atoms with Crippen LogP contribution in [0.2, 0.25) is 0 Å². The number of hydrogen-bond acceptors (Lipinski definition) is 2. The van der Waals surface area contributed by atoms with Crippen molar-refractivity contribution < 1.29 is 4.79 Å². The molecule has 0 atom stereocenters. The number of carbonyl (C=O) groups excluding carboxylic acids is 1. The van der Waals surface area contributed by atoms with Gasteiger partial charge in [-0.25, -0.2) is 0 Å². The zero-order valence-corrected chi connectivity index (χ0v) is 9.49. The van der Waals surface area contributed by atoms with Crippen LogP contribution in [0.5, 0.6) is 0 Å². The number of rotatable bonds is 1. The van der Waals surface area contributed by atoms with E-state index in [4.69, 9.17) is 0 Å². The van der Waals surface area contributed by atoms with Crippen LogP contribution in [0.15, 0.2) is 6.07 Å². The molecule has 0 aromatic carbocycles. The van der Waals surface area contributed by atoms with Crippen LogP contribution < -0.4 is 0 Å². The molecule has 0 fully saturated rings. The third-order valence-corrected chi connectivity index (χ3v) is 3.84. The van der Waals surface area contributed by atoms with Gasteiger partial charge in [0.1, 0.15) is 0 Å². The Hall–Kier alpha value is -0.830. The quantitative estimate of drug-likeness (QED) is 0.695. The molecule has 1 aliphatic carbocycles. The molecular weight excluding hydrogens is 194 g/mol. The van der Waals surface area contributed by atoms with E-state index in [1.165, 1.54) is 29.7 Å². The molecule has 76 valence electrons. The maximum absolute atomic E-state index is 11.7. The van der Waals surface area contributed by atoms with Gasteiger partial charge in [-0.15, -0.1) is 11.3 Å². The first-order chi connectivity index (χ1) is 6.68. The molecule has 0 spiro atoms. The lowest BCUT2D eigenvalue weighted by Crippen LogP contribution is -2.20. The van der Waals surface area contributed by atoms with E-state index in [1.807, 2.05) is 0 Å². The molecule has 1 aliphatic rings. The van der Waals surface area contributed by atoms with E-state index in [0.29, 0.717) is 0 Å². The second kappa shape index (κ2) is 3.73. The van der Waals surface area contributed by atoms with Crippen LogP contribution in [-0.2, 0) is 12.8 Å². The molecule has 0 bridgehead atoms. The third kappa shape index (κ3) is 1.69. The molecule has 1 amide bonds. The standard InChI is InChI=1S/C11H15NOS/c1-12(2)11(13)10-7-8-5-3-4-6-9(8)14-10/h7H,3-6H2,1-2H3. The molecule has 0 unspecified atom stereocenters. The highest BCUT2D eigenvalue weighted by molar-refractivity contribution is 7.14. The lowest BCUT2D eigenvalue weighted by molar-refractivity contribution is 0.0832. The summed E-state index contributed by atoms with van der Waals surface area (Å²) in [6.45, 7) is 0. The van der Waals surface area contributed by atoms with Crippen molar-refractivity contribution in [1.29, 1.82) is 0 Å². The van der Waals surface area contributed by atoms with Crippen molar-refractivity contribution >= 4 is 17.2 Å². The molecule has 1 heterocycles. The Kier molecular flexibility index (Phi) is 2.59. The molecule has 2 rings (SSSR count). The summed E-state index contributed by atoms with van der Waals surface area (Å²) >= 11 is 1.68. The largest absolute Gasteiger partial charge is 0.344 e. The summed E-state index contributed by atoms with van der Waals surface area (Å²) in [5.74, 6) is 0.143. The number of nitrogens with zero attached hydrogens (tertiary/aromatic N) is 1. The lowest BCUT2D eigenvalue weighted by Gasteiger charge is -2.08. The zero-order valence-electron chi connectivity index (χ0n) is 8.67. The highest BCUT2D eigenvalue weighted by atomic mass is 32.1. The van der Waals surface area contributed by atoms with E-state index in [2.05, 4.69) is 6.07 Å². The predicted octanol–water partition coefficient (Wildman–Crippen LogP) is 2.33. The fourth-order valence-corrected chi connectivity index (χ4v) is 3.09. The number of fused-ring (bicyclic) bond motifs is 1. The van der Waals surface area contributed by atoms with Gasteiger partial charge in [-0.2, -0.15) is 0 Å². The average molecular weight is 209 g/mol. The molecule has 0 aliphatic heterocycles. The van der Waals surface area contributed by atoms with Gasteiger partial charge in [0.05, 0.1) is 4.88 Å². The molecule has 0 radical (unpaired) electrons. The second-order valence-electron chi connectivity index (χ2n) is 3.97. The van der Waals surface area contributed by atoms with E-state index in [1.54, 1.807) is 30.3 Å². The number of thiophene rings is 1. The van der Waals surface area contributed by atoms with Crippen molar-refractivity contribution in [2.24, 2.45) is 0 Å². The lowest BCUT2D eigenvalue weighted by atomic mass is 9.99. The van der Waals surface area contributed by atoms with Crippen LogP contribution in [-0.4, -0.2) is 24.9 Å². The number of hydrogen-bond donors (Lipinski definition) is 0.